The lowest BCUT2D eigenvalue weighted by Crippen LogP contribution is -1.98. The van der Waals surface area contributed by atoms with E-state index in [1.165, 1.54) is 6.07 Å². The summed E-state index contributed by atoms with van der Waals surface area (Å²) < 4.78 is 5.95. The SMILES string of the molecule is Cc1cc(C(=O)O)cc(Br)c1-c1ccc(C=O)o1. The van der Waals surface area contributed by atoms with Gasteiger partial charge in [-0.05, 0) is 36.8 Å². The quantitative estimate of drug-likeness (QED) is 0.881. The molecule has 1 aromatic carbocycles. The van der Waals surface area contributed by atoms with Gasteiger partial charge in [-0.3, -0.25) is 4.79 Å². The minimum atomic E-state index is -0.988. The molecule has 0 aliphatic carbocycles. The number of carbonyl (C=O) groups is 2. The first-order valence-electron chi connectivity index (χ1n) is 5.11. The van der Waals surface area contributed by atoms with Gasteiger partial charge in [0.05, 0.1) is 5.56 Å². The number of carbonyl (C=O) groups excluding carboxylic acids is 1. The molecule has 2 rings (SSSR count). The van der Waals surface area contributed by atoms with Crippen molar-refractivity contribution in [2.24, 2.45) is 0 Å². The van der Waals surface area contributed by atoms with Crippen LogP contribution in [-0.2, 0) is 0 Å². The summed E-state index contributed by atoms with van der Waals surface area (Å²) in [6, 6.07) is 6.32. The molecule has 0 bridgehead atoms. The third-order valence-corrected chi connectivity index (χ3v) is 3.15. The standard InChI is InChI=1S/C13H9BrO4/c1-7-4-8(13(16)17)5-10(14)12(7)11-3-2-9(6-15)18-11/h2-6H,1H3,(H,16,17). The van der Waals surface area contributed by atoms with E-state index in [1.807, 2.05) is 0 Å². The van der Waals surface area contributed by atoms with Crippen LogP contribution < -0.4 is 0 Å². The molecular formula is C13H9BrO4. The number of benzene rings is 1. The van der Waals surface area contributed by atoms with Crippen LogP contribution in [0, 0.1) is 6.92 Å². The lowest BCUT2D eigenvalue weighted by atomic mass is 10.0. The number of carboxylic acid groups (broad SMARTS) is 1. The molecule has 0 radical (unpaired) electrons. The number of hydrogen-bond donors (Lipinski definition) is 1. The molecule has 0 aliphatic rings. The monoisotopic (exact) mass is 308 g/mol. The molecular weight excluding hydrogens is 300 g/mol. The number of aryl methyl sites for hydroxylation is 1. The summed E-state index contributed by atoms with van der Waals surface area (Å²) in [4.78, 5) is 21.5. The van der Waals surface area contributed by atoms with Crippen molar-refractivity contribution in [1.29, 1.82) is 0 Å². The fourth-order valence-corrected chi connectivity index (χ4v) is 2.48. The zero-order valence-corrected chi connectivity index (χ0v) is 11.0. The van der Waals surface area contributed by atoms with Crippen LogP contribution in [-0.4, -0.2) is 17.4 Å². The molecule has 0 unspecified atom stereocenters. The average molecular weight is 309 g/mol. The predicted octanol–water partition coefficient (Wildman–Crippen LogP) is 3.53. The summed E-state index contributed by atoms with van der Waals surface area (Å²) >= 11 is 3.32. The maximum atomic E-state index is 10.9. The van der Waals surface area contributed by atoms with E-state index in [9.17, 15) is 9.59 Å². The Hall–Kier alpha value is -1.88. The van der Waals surface area contributed by atoms with E-state index in [4.69, 9.17) is 9.52 Å². The molecule has 4 nitrogen and oxygen atoms in total. The van der Waals surface area contributed by atoms with E-state index >= 15 is 0 Å². The van der Waals surface area contributed by atoms with Crippen molar-refractivity contribution in [1.82, 2.24) is 0 Å². The molecule has 0 amide bonds. The van der Waals surface area contributed by atoms with Crippen LogP contribution >= 0.6 is 15.9 Å². The molecule has 0 atom stereocenters. The number of halogens is 1. The van der Waals surface area contributed by atoms with Gasteiger partial charge in [0.15, 0.2) is 12.0 Å². The van der Waals surface area contributed by atoms with Crippen molar-refractivity contribution in [2.75, 3.05) is 0 Å². The summed E-state index contributed by atoms with van der Waals surface area (Å²) in [6.45, 7) is 1.79. The third kappa shape index (κ3) is 2.22. The van der Waals surface area contributed by atoms with E-state index in [-0.39, 0.29) is 11.3 Å². The fourth-order valence-electron chi connectivity index (χ4n) is 1.73. The zero-order chi connectivity index (χ0) is 13.3. The van der Waals surface area contributed by atoms with Crippen LogP contribution in [0.4, 0.5) is 0 Å². The molecule has 1 heterocycles. The zero-order valence-electron chi connectivity index (χ0n) is 9.44. The van der Waals surface area contributed by atoms with E-state index in [2.05, 4.69) is 15.9 Å². The maximum absolute atomic E-state index is 10.9. The van der Waals surface area contributed by atoms with Crippen LogP contribution in [0.2, 0.25) is 0 Å². The number of furan rings is 1. The van der Waals surface area contributed by atoms with Gasteiger partial charge in [-0.1, -0.05) is 15.9 Å². The van der Waals surface area contributed by atoms with Gasteiger partial charge in [0.25, 0.3) is 0 Å². The Kier molecular flexibility index (Phi) is 3.34. The molecule has 2 aromatic rings. The second kappa shape index (κ2) is 4.78. The van der Waals surface area contributed by atoms with Gasteiger partial charge in [-0.2, -0.15) is 0 Å². The van der Waals surface area contributed by atoms with Gasteiger partial charge in [0.1, 0.15) is 5.76 Å². The Balaban J connectivity index is 2.57. The molecule has 0 spiro atoms. The predicted molar refractivity (Wildman–Crippen MR) is 68.9 cm³/mol. The summed E-state index contributed by atoms with van der Waals surface area (Å²) in [7, 11) is 0. The van der Waals surface area contributed by atoms with Crippen molar-refractivity contribution in [3.8, 4) is 11.3 Å². The Morgan fingerprint density at radius 3 is 2.61 bits per heavy atom. The third-order valence-electron chi connectivity index (χ3n) is 2.52. The second-order valence-electron chi connectivity index (χ2n) is 3.77. The van der Waals surface area contributed by atoms with Crippen LogP contribution in [0.25, 0.3) is 11.3 Å². The molecule has 0 aliphatic heterocycles. The van der Waals surface area contributed by atoms with Crippen molar-refractivity contribution >= 4 is 28.2 Å². The summed E-state index contributed by atoms with van der Waals surface area (Å²) in [5.41, 5.74) is 1.70. The average Bonchev–Trinajstić information content (AvgIpc) is 2.76. The molecule has 0 saturated heterocycles. The largest absolute Gasteiger partial charge is 0.478 e. The Labute approximate surface area is 111 Å². The molecule has 5 heteroatoms. The summed E-state index contributed by atoms with van der Waals surface area (Å²) in [5, 5.41) is 8.95. The number of carboxylic acids is 1. The molecule has 0 fully saturated rings. The van der Waals surface area contributed by atoms with Crippen LogP contribution in [0.3, 0.4) is 0 Å². The van der Waals surface area contributed by atoms with E-state index < -0.39 is 5.97 Å². The first kappa shape index (κ1) is 12.6. The van der Waals surface area contributed by atoms with E-state index in [0.717, 1.165) is 11.1 Å². The smallest absolute Gasteiger partial charge is 0.335 e. The Bertz CT molecular complexity index is 605. The Morgan fingerprint density at radius 1 is 1.39 bits per heavy atom. The van der Waals surface area contributed by atoms with E-state index in [0.29, 0.717) is 16.5 Å². The maximum Gasteiger partial charge on any atom is 0.335 e. The van der Waals surface area contributed by atoms with Crippen molar-refractivity contribution in [3.05, 3.63) is 45.6 Å². The summed E-state index contributed by atoms with van der Waals surface area (Å²) in [5.74, 6) is -0.226. The number of hydrogen-bond acceptors (Lipinski definition) is 3. The van der Waals surface area contributed by atoms with Gasteiger partial charge in [-0.25, -0.2) is 4.79 Å². The van der Waals surface area contributed by atoms with Gasteiger partial charge in [0, 0.05) is 10.0 Å². The first-order chi connectivity index (χ1) is 8.52. The van der Waals surface area contributed by atoms with Crippen molar-refractivity contribution < 1.29 is 19.1 Å². The lowest BCUT2D eigenvalue weighted by molar-refractivity contribution is 0.0696. The fraction of sp³-hybridized carbons (Fsp3) is 0.0769. The van der Waals surface area contributed by atoms with Gasteiger partial charge in [0.2, 0.25) is 0 Å². The minimum absolute atomic E-state index is 0.199. The van der Waals surface area contributed by atoms with Crippen molar-refractivity contribution in [3.63, 3.8) is 0 Å². The van der Waals surface area contributed by atoms with Crippen LogP contribution in [0.1, 0.15) is 26.5 Å². The highest BCUT2D eigenvalue weighted by atomic mass is 79.9. The minimum Gasteiger partial charge on any atom is -0.478 e. The highest BCUT2D eigenvalue weighted by molar-refractivity contribution is 9.10. The molecule has 1 N–H and O–H groups in total. The molecule has 0 saturated carbocycles. The number of aromatic carboxylic acids is 1. The first-order valence-corrected chi connectivity index (χ1v) is 5.91. The lowest BCUT2D eigenvalue weighted by Gasteiger charge is -2.07. The topological polar surface area (TPSA) is 67.5 Å². The molecule has 18 heavy (non-hydrogen) atoms. The van der Waals surface area contributed by atoms with Gasteiger partial charge in [-0.15, -0.1) is 0 Å². The summed E-state index contributed by atoms with van der Waals surface area (Å²) in [6.07, 6.45) is 0.623. The van der Waals surface area contributed by atoms with Crippen LogP contribution in [0.15, 0.2) is 33.2 Å². The highest BCUT2D eigenvalue weighted by Crippen LogP contribution is 2.33. The van der Waals surface area contributed by atoms with Crippen LogP contribution in [0.5, 0.6) is 0 Å². The van der Waals surface area contributed by atoms with Gasteiger partial charge >= 0.3 is 5.97 Å². The second-order valence-corrected chi connectivity index (χ2v) is 4.63. The van der Waals surface area contributed by atoms with Gasteiger partial charge < -0.3 is 9.52 Å². The van der Waals surface area contributed by atoms with Crippen molar-refractivity contribution in [2.45, 2.75) is 6.92 Å². The number of aldehydes is 1. The highest BCUT2D eigenvalue weighted by Gasteiger charge is 2.14. The Morgan fingerprint density at radius 2 is 2.11 bits per heavy atom. The number of rotatable bonds is 3. The molecule has 1 aromatic heterocycles. The molecule has 92 valence electrons. The van der Waals surface area contributed by atoms with E-state index in [1.54, 1.807) is 25.1 Å². The normalized spacial score (nSPS) is 10.3.